The normalized spacial score (nSPS) is 12.7. The zero-order valence-electron chi connectivity index (χ0n) is 33.9. The zero-order chi connectivity index (χ0) is 42.4. The van der Waals surface area contributed by atoms with Crippen molar-refractivity contribution in [2.75, 3.05) is 20.3 Å². The Balaban J connectivity index is 1.23. The zero-order valence-corrected chi connectivity index (χ0v) is 33.9. The number of hydrogen-bond donors (Lipinski definition) is 3. The summed E-state index contributed by atoms with van der Waals surface area (Å²) in [5.74, 6) is -1.44. The van der Waals surface area contributed by atoms with Crippen LogP contribution in [-0.2, 0) is 41.6 Å². The second-order valence-corrected chi connectivity index (χ2v) is 15.1. The average Bonchev–Trinajstić information content (AvgIpc) is 3.54. The fraction of sp³-hybridized carbons (Fsp3) is 0.326. The third-order valence-electron chi connectivity index (χ3n) is 9.40. The van der Waals surface area contributed by atoms with E-state index in [0.717, 1.165) is 32.8 Å². The van der Waals surface area contributed by atoms with E-state index in [1.807, 2.05) is 99.6 Å². The van der Waals surface area contributed by atoms with E-state index in [4.69, 9.17) is 18.9 Å². The molecule has 0 unspecified atom stereocenters. The number of carbonyl (C=O) groups is 5. The van der Waals surface area contributed by atoms with Gasteiger partial charge >= 0.3 is 24.1 Å². The van der Waals surface area contributed by atoms with Crippen LogP contribution in [-0.4, -0.2) is 73.0 Å². The van der Waals surface area contributed by atoms with E-state index in [9.17, 15) is 24.0 Å². The minimum Gasteiger partial charge on any atom is -0.488 e. The highest BCUT2D eigenvalue weighted by Crippen LogP contribution is 2.44. The van der Waals surface area contributed by atoms with Crippen LogP contribution in [0.5, 0.6) is 5.75 Å². The van der Waals surface area contributed by atoms with E-state index in [2.05, 4.69) is 22.6 Å². The van der Waals surface area contributed by atoms with Gasteiger partial charge in [0, 0.05) is 18.4 Å². The van der Waals surface area contributed by atoms with Gasteiger partial charge in [-0.1, -0.05) is 104 Å². The van der Waals surface area contributed by atoms with Crippen molar-refractivity contribution in [2.24, 2.45) is 0 Å². The summed E-state index contributed by atoms with van der Waals surface area (Å²) in [7, 11) is 1.18. The largest absolute Gasteiger partial charge is 0.488 e. The number of hydrazine groups is 1. The van der Waals surface area contributed by atoms with Crippen molar-refractivity contribution in [3.63, 3.8) is 0 Å². The lowest BCUT2D eigenvalue weighted by atomic mass is 9.98. The number of hydrogen-bond acceptors (Lipinski definition) is 9. The molecule has 1 aliphatic rings. The lowest BCUT2D eigenvalue weighted by molar-refractivity contribution is -0.144. The van der Waals surface area contributed by atoms with Crippen LogP contribution in [0.3, 0.4) is 0 Å². The molecule has 5 rings (SSSR count). The van der Waals surface area contributed by atoms with Crippen molar-refractivity contribution in [2.45, 2.75) is 76.6 Å². The molecule has 0 heterocycles. The number of esters is 2. The summed E-state index contributed by atoms with van der Waals surface area (Å²) in [5, 5.41) is 6.53. The first-order valence-electron chi connectivity index (χ1n) is 19.5. The molecule has 0 aliphatic heterocycles. The van der Waals surface area contributed by atoms with E-state index < -0.39 is 42.1 Å². The van der Waals surface area contributed by atoms with Crippen LogP contribution >= 0.6 is 0 Å². The van der Waals surface area contributed by atoms with E-state index in [-0.39, 0.29) is 57.0 Å². The van der Waals surface area contributed by atoms with Crippen LogP contribution in [0.1, 0.15) is 68.2 Å². The van der Waals surface area contributed by atoms with Gasteiger partial charge in [-0.25, -0.2) is 19.4 Å². The Morgan fingerprint density at radius 3 is 2.03 bits per heavy atom. The molecule has 0 saturated heterocycles. The Kier molecular flexibility index (Phi) is 15.3. The second-order valence-electron chi connectivity index (χ2n) is 15.1. The number of nitrogens with zero attached hydrogens (tertiary/aromatic N) is 1. The van der Waals surface area contributed by atoms with Gasteiger partial charge in [-0.2, -0.15) is 0 Å². The summed E-state index contributed by atoms with van der Waals surface area (Å²) < 4.78 is 21.7. The third kappa shape index (κ3) is 12.9. The lowest BCUT2D eigenvalue weighted by Gasteiger charge is -2.27. The standard InChI is InChI=1S/C46H52N4O9/c1-6-26-57-42(52)28-33(27-31-20-22-34(23-21-31)59-46(2,3)4)47-44(54)50(29-32-14-8-7-9-15-32)49-41(51)25-24-40(43(53)56-5)48-45(55)58-30-39-37-18-12-10-16-35(37)36-17-11-13-19-38(36)39/h6-23,33,39-40H,1,24-30H2,2-5H3,(H,47,54)(H,48,55)(H,49,51)/t33-,40-/m0/s1. The van der Waals surface area contributed by atoms with Crippen LogP contribution < -0.4 is 20.8 Å². The van der Waals surface area contributed by atoms with Crippen molar-refractivity contribution < 1.29 is 42.9 Å². The maximum atomic E-state index is 13.9. The van der Waals surface area contributed by atoms with Gasteiger partial charge < -0.3 is 29.6 Å². The molecule has 13 nitrogen and oxygen atoms in total. The van der Waals surface area contributed by atoms with E-state index in [0.29, 0.717) is 11.3 Å². The van der Waals surface area contributed by atoms with Crippen molar-refractivity contribution in [1.29, 1.82) is 0 Å². The SMILES string of the molecule is C=CCOC(=O)C[C@H](Cc1ccc(OC(C)(C)C)cc1)NC(=O)N(Cc1ccccc1)NC(=O)CC[C@H](NC(=O)OCC1c2ccccc2-c2ccccc21)C(=O)OC. The number of fused-ring (bicyclic) bond motifs is 3. The number of nitrogens with one attached hydrogen (secondary N) is 3. The van der Waals surface area contributed by atoms with Gasteiger partial charge in [-0.15, -0.1) is 0 Å². The number of methoxy groups -OCH3 is 1. The number of alkyl carbamates (subject to hydrolysis) is 1. The fourth-order valence-corrected chi connectivity index (χ4v) is 6.75. The predicted octanol–water partition coefficient (Wildman–Crippen LogP) is 7.00. The van der Waals surface area contributed by atoms with Crippen molar-refractivity contribution in [3.8, 4) is 16.9 Å². The summed E-state index contributed by atoms with van der Waals surface area (Å²) in [6.07, 6.45) is 0.282. The Morgan fingerprint density at radius 2 is 1.42 bits per heavy atom. The summed E-state index contributed by atoms with van der Waals surface area (Å²) in [6.45, 7) is 9.44. The van der Waals surface area contributed by atoms with Gasteiger partial charge in [-0.3, -0.25) is 15.0 Å². The number of ether oxygens (including phenoxy) is 4. The molecule has 4 amide bonds. The second kappa shape index (κ2) is 20.7. The highest BCUT2D eigenvalue weighted by molar-refractivity contribution is 5.85. The van der Waals surface area contributed by atoms with Gasteiger partial charge in [0.2, 0.25) is 5.91 Å². The van der Waals surface area contributed by atoms with Gasteiger partial charge in [0.05, 0.1) is 20.1 Å². The van der Waals surface area contributed by atoms with Crippen LogP contribution in [0.15, 0.2) is 116 Å². The molecule has 0 radical (unpaired) electrons. The lowest BCUT2D eigenvalue weighted by Crippen LogP contribution is -2.53. The predicted molar refractivity (Wildman–Crippen MR) is 222 cm³/mol. The smallest absolute Gasteiger partial charge is 0.407 e. The number of urea groups is 1. The minimum absolute atomic E-state index is 0.0112. The van der Waals surface area contributed by atoms with E-state index >= 15 is 0 Å². The molecule has 0 fully saturated rings. The molecular formula is C46H52N4O9. The molecule has 3 N–H and O–H groups in total. The molecule has 0 bridgehead atoms. The Hall–Kier alpha value is -6.63. The highest BCUT2D eigenvalue weighted by Gasteiger charge is 2.31. The summed E-state index contributed by atoms with van der Waals surface area (Å²) in [4.78, 5) is 66.0. The first-order chi connectivity index (χ1) is 28.3. The molecular weight excluding hydrogens is 753 g/mol. The average molecular weight is 805 g/mol. The summed E-state index contributed by atoms with van der Waals surface area (Å²) >= 11 is 0. The minimum atomic E-state index is -1.22. The third-order valence-corrected chi connectivity index (χ3v) is 9.40. The maximum Gasteiger partial charge on any atom is 0.407 e. The maximum absolute atomic E-state index is 13.9. The van der Waals surface area contributed by atoms with Crippen molar-refractivity contribution in [1.82, 2.24) is 21.1 Å². The summed E-state index contributed by atoms with van der Waals surface area (Å²) in [5.41, 5.74) is 8.00. The molecule has 0 saturated carbocycles. The number of amides is 4. The first-order valence-corrected chi connectivity index (χ1v) is 19.5. The molecule has 4 aromatic carbocycles. The number of benzene rings is 4. The first kappa shape index (κ1) is 43.5. The molecule has 59 heavy (non-hydrogen) atoms. The molecule has 13 heteroatoms. The van der Waals surface area contributed by atoms with Gasteiger partial charge in [0.15, 0.2) is 0 Å². The molecule has 310 valence electrons. The Morgan fingerprint density at radius 1 is 0.797 bits per heavy atom. The van der Waals surface area contributed by atoms with Crippen LogP contribution in [0.4, 0.5) is 9.59 Å². The Bertz CT molecular complexity index is 2040. The monoisotopic (exact) mass is 804 g/mol. The summed E-state index contributed by atoms with van der Waals surface area (Å²) in [6, 6.07) is 29.6. The van der Waals surface area contributed by atoms with Crippen LogP contribution in [0, 0.1) is 0 Å². The van der Waals surface area contributed by atoms with Gasteiger partial charge in [0.1, 0.15) is 30.6 Å². The Labute approximate surface area is 345 Å². The molecule has 0 spiro atoms. The number of carbonyl (C=O) groups excluding carboxylic acids is 5. The van der Waals surface area contributed by atoms with Crippen molar-refractivity contribution in [3.05, 3.63) is 138 Å². The van der Waals surface area contributed by atoms with Gasteiger partial charge in [0.25, 0.3) is 0 Å². The van der Waals surface area contributed by atoms with E-state index in [1.165, 1.54) is 13.2 Å². The highest BCUT2D eigenvalue weighted by atomic mass is 16.6. The molecule has 0 aromatic heterocycles. The quantitative estimate of drug-likeness (QED) is 0.0442. The van der Waals surface area contributed by atoms with Gasteiger partial charge in [-0.05, 0) is 79.1 Å². The van der Waals surface area contributed by atoms with Crippen LogP contribution in [0.25, 0.3) is 11.1 Å². The van der Waals surface area contributed by atoms with Crippen LogP contribution in [0.2, 0.25) is 0 Å². The topological polar surface area (TPSA) is 162 Å². The number of rotatable bonds is 17. The molecule has 4 aromatic rings. The fourth-order valence-electron chi connectivity index (χ4n) is 6.75. The van der Waals surface area contributed by atoms with E-state index in [1.54, 1.807) is 24.3 Å². The molecule has 1 aliphatic carbocycles. The van der Waals surface area contributed by atoms with Crippen molar-refractivity contribution >= 4 is 30.0 Å². The molecule has 2 atom stereocenters.